The summed E-state index contributed by atoms with van der Waals surface area (Å²) in [6, 6.07) is 9.53. The van der Waals surface area contributed by atoms with Crippen LogP contribution in [0.25, 0.3) is 0 Å². The molecule has 2 aromatic rings. The van der Waals surface area contributed by atoms with E-state index in [1.807, 2.05) is 30.3 Å². The fourth-order valence-corrected chi connectivity index (χ4v) is 1.72. The predicted octanol–water partition coefficient (Wildman–Crippen LogP) is 2.90. The van der Waals surface area contributed by atoms with Gasteiger partial charge in [0.1, 0.15) is 0 Å². The molecule has 0 aliphatic carbocycles. The lowest BCUT2D eigenvalue weighted by Gasteiger charge is -2.07. The minimum Gasteiger partial charge on any atom is -0.371 e. The number of benzene rings is 1. The summed E-state index contributed by atoms with van der Waals surface area (Å²) < 4.78 is 13.9. The van der Waals surface area contributed by atoms with Gasteiger partial charge in [0.25, 0.3) is 0 Å². The number of rotatable bonds is 3. The van der Waals surface area contributed by atoms with E-state index in [-0.39, 0.29) is 11.1 Å². The Labute approximate surface area is 104 Å². The summed E-state index contributed by atoms with van der Waals surface area (Å²) in [6.45, 7) is 0. The third kappa shape index (κ3) is 2.71. The number of hydrogen-bond acceptors (Lipinski definition) is 3. The third-order valence-electron chi connectivity index (χ3n) is 2.34. The fourth-order valence-electron chi connectivity index (χ4n) is 1.54. The van der Waals surface area contributed by atoms with Crippen molar-refractivity contribution >= 4 is 17.4 Å². The Hall–Kier alpha value is -1.68. The molecule has 17 heavy (non-hydrogen) atoms. The van der Waals surface area contributed by atoms with E-state index in [1.54, 1.807) is 7.05 Å². The van der Waals surface area contributed by atoms with Crippen molar-refractivity contribution in [3.05, 3.63) is 52.7 Å². The highest BCUT2D eigenvalue weighted by Gasteiger charge is 2.12. The molecule has 0 spiro atoms. The van der Waals surface area contributed by atoms with Gasteiger partial charge in [0.15, 0.2) is 11.6 Å². The highest BCUT2D eigenvalue weighted by molar-refractivity contribution is 6.28. The highest BCUT2D eigenvalue weighted by Crippen LogP contribution is 2.19. The molecular formula is C12H11ClFN3. The average molecular weight is 252 g/mol. The Balaban J connectivity index is 2.36. The molecule has 0 saturated heterocycles. The first kappa shape index (κ1) is 11.8. The largest absolute Gasteiger partial charge is 0.371 e. The molecule has 0 saturated carbocycles. The summed E-state index contributed by atoms with van der Waals surface area (Å²) in [5.41, 5.74) is 1.27. The van der Waals surface area contributed by atoms with E-state index in [1.165, 1.54) is 0 Å². The summed E-state index contributed by atoms with van der Waals surface area (Å²) in [5.74, 6) is -0.336. The molecule has 3 nitrogen and oxygen atoms in total. The molecule has 1 N–H and O–H groups in total. The minimum atomic E-state index is -0.458. The van der Waals surface area contributed by atoms with Crippen molar-refractivity contribution in [3.8, 4) is 0 Å². The van der Waals surface area contributed by atoms with Gasteiger partial charge in [-0.3, -0.25) is 0 Å². The van der Waals surface area contributed by atoms with Crippen molar-refractivity contribution in [2.45, 2.75) is 6.42 Å². The Morgan fingerprint density at radius 2 is 1.94 bits per heavy atom. The van der Waals surface area contributed by atoms with Crippen molar-refractivity contribution in [2.75, 3.05) is 12.4 Å². The first-order valence-corrected chi connectivity index (χ1v) is 5.52. The average Bonchev–Trinajstić information content (AvgIpc) is 2.34. The van der Waals surface area contributed by atoms with E-state index in [9.17, 15) is 4.39 Å². The third-order valence-corrected chi connectivity index (χ3v) is 2.51. The fraction of sp³-hybridized carbons (Fsp3) is 0.167. The van der Waals surface area contributed by atoms with Gasteiger partial charge in [-0.1, -0.05) is 30.3 Å². The van der Waals surface area contributed by atoms with Gasteiger partial charge < -0.3 is 5.32 Å². The number of nitrogens with one attached hydrogen (secondary N) is 1. The summed E-state index contributed by atoms with van der Waals surface area (Å²) in [5, 5.41) is 2.69. The zero-order chi connectivity index (χ0) is 12.3. The molecule has 0 aliphatic rings. The van der Waals surface area contributed by atoms with Gasteiger partial charge in [-0.2, -0.15) is 4.98 Å². The standard InChI is InChI=1S/C12H11ClFN3/c1-15-11-10(14)9(16-12(13)17-11)7-8-5-3-2-4-6-8/h2-6H,7H2,1H3,(H,15,16,17). The first-order valence-electron chi connectivity index (χ1n) is 5.14. The van der Waals surface area contributed by atoms with Crippen LogP contribution in [0.3, 0.4) is 0 Å². The van der Waals surface area contributed by atoms with E-state index < -0.39 is 5.82 Å². The molecule has 0 bridgehead atoms. The van der Waals surface area contributed by atoms with Gasteiger partial charge in [0.2, 0.25) is 5.28 Å². The van der Waals surface area contributed by atoms with Crippen LogP contribution in [0, 0.1) is 5.82 Å². The zero-order valence-electron chi connectivity index (χ0n) is 9.24. The van der Waals surface area contributed by atoms with Gasteiger partial charge in [0.05, 0.1) is 5.69 Å². The van der Waals surface area contributed by atoms with Crippen molar-refractivity contribution in [1.29, 1.82) is 0 Å². The van der Waals surface area contributed by atoms with E-state index in [0.29, 0.717) is 12.1 Å². The molecule has 0 radical (unpaired) electrons. The quantitative estimate of drug-likeness (QED) is 0.853. The van der Waals surface area contributed by atoms with Gasteiger partial charge in [-0.05, 0) is 17.2 Å². The summed E-state index contributed by atoms with van der Waals surface area (Å²) in [4.78, 5) is 7.68. The van der Waals surface area contributed by atoms with Crippen LogP contribution in [-0.4, -0.2) is 17.0 Å². The van der Waals surface area contributed by atoms with Gasteiger partial charge in [-0.25, -0.2) is 9.37 Å². The molecule has 0 atom stereocenters. The van der Waals surface area contributed by atoms with E-state index in [4.69, 9.17) is 11.6 Å². The number of hydrogen-bond donors (Lipinski definition) is 1. The van der Waals surface area contributed by atoms with Crippen LogP contribution in [0.1, 0.15) is 11.3 Å². The zero-order valence-corrected chi connectivity index (χ0v) is 10.0. The van der Waals surface area contributed by atoms with Crippen LogP contribution >= 0.6 is 11.6 Å². The Morgan fingerprint density at radius 1 is 1.24 bits per heavy atom. The second kappa shape index (κ2) is 5.10. The Morgan fingerprint density at radius 3 is 2.59 bits per heavy atom. The molecule has 0 amide bonds. The molecule has 1 aromatic carbocycles. The van der Waals surface area contributed by atoms with Gasteiger partial charge in [-0.15, -0.1) is 0 Å². The van der Waals surface area contributed by atoms with E-state index in [0.717, 1.165) is 5.56 Å². The molecular weight excluding hydrogens is 241 g/mol. The predicted molar refractivity (Wildman–Crippen MR) is 65.8 cm³/mol. The Bertz CT molecular complexity index is 517. The lowest BCUT2D eigenvalue weighted by Crippen LogP contribution is -2.05. The molecule has 0 fully saturated rings. The van der Waals surface area contributed by atoms with Crippen molar-refractivity contribution in [3.63, 3.8) is 0 Å². The maximum absolute atomic E-state index is 13.9. The van der Waals surface area contributed by atoms with Crippen LogP contribution in [0.5, 0.6) is 0 Å². The van der Waals surface area contributed by atoms with Gasteiger partial charge >= 0.3 is 0 Å². The number of anilines is 1. The van der Waals surface area contributed by atoms with Crippen molar-refractivity contribution < 1.29 is 4.39 Å². The smallest absolute Gasteiger partial charge is 0.224 e. The Kier molecular flexibility index (Phi) is 3.54. The lowest BCUT2D eigenvalue weighted by molar-refractivity contribution is 0.600. The van der Waals surface area contributed by atoms with Crippen LogP contribution in [0.2, 0.25) is 5.28 Å². The molecule has 1 aromatic heterocycles. The van der Waals surface area contributed by atoms with E-state index in [2.05, 4.69) is 15.3 Å². The van der Waals surface area contributed by atoms with Crippen LogP contribution < -0.4 is 5.32 Å². The molecule has 5 heteroatoms. The number of nitrogens with zero attached hydrogens (tertiary/aromatic N) is 2. The molecule has 2 rings (SSSR count). The minimum absolute atomic E-state index is 0.0432. The first-order chi connectivity index (χ1) is 8.20. The number of aromatic nitrogens is 2. The summed E-state index contributed by atoms with van der Waals surface area (Å²) in [6.07, 6.45) is 0.392. The lowest BCUT2D eigenvalue weighted by atomic mass is 10.1. The molecule has 1 heterocycles. The molecule has 88 valence electrons. The number of halogens is 2. The van der Waals surface area contributed by atoms with Crippen molar-refractivity contribution in [2.24, 2.45) is 0 Å². The SMILES string of the molecule is CNc1nc(Cl)nc(Cc2ccccc2)c1F. The maximum atomic E-state index is 13.9. The summed E-state index contributed by atoms with van der Waals surface area (Å²) in [7, 11) is 1.59. The van der Waals surface area contributed by atoms with Gasteiger partial charge in [0, 0.05) is 13.5 Å². The van der Waals surface area contributed by atoms with Crippen LogP contribution in [-0.2, 0) is 6.42 Å². The topological polar surface area (TPSA) is 37.8 Å². The second-order valence-corrected chi connectivity index (χ2v) is 3.85. The molecule has 0 unspecified atom stereocenters. The van der Waals surface area contributed by atoms with Crippen LogP contribution in [0.15, 0.2) is 30.3 Å². The second-order valence-electron chi connectivity index (χ2n) is 3.51. The molecule has 0 aliphatic heterocycles. The normalized spacial score (nSPS) is 10.3. The van der Waals surface area contributed by atoms with Crippen LogP contribution in [0.4, 0.5) is 10.2 Å². The monoisotopic (exact) mass is 251 g/mol. The van der Waals surface area contributed by atoms with E-state index >= 15 is 0 Å². The highest BCUT2D eigenvalue weighted by atomic mass is 35.5. The summed E-state index contributed by atoms with van der Waals surface area (Å²) >= 11 is 5.74. The van der Waals surface area contributed by atoms with Crippen molar-refractivity contribution in [1.82, 2.24) is 9.97 Å². The maximum Gasteiger partial charge on any atom is 0.224 e.